The molecule has 1 atom stereocenters. The van der Waals surface area contributed by atoms with Crippen LogP contribution in [0, 0.1) is 17.6 Å². The Bertz CT molecular complexity index is 1240. The molecule has 1 aromatic carbocycles. The molecule has 29 heavy (non-hydrogen) atoms. The fraction of sp³-hybridized carbons (Fsp3) is 0.182. The van der Waals surface area contributed by atoms with E-state index >= 15 is 0 Å². The van der Waals surface area contributed by atoms with Crippen molar-refractivity contribution in [2.24, 2.45) is 5.92 Å². The molecule has 0 aliphatic heterocycles. The summed E-state index contributed by atoms with van der Waals surface area (Å²) in [7, 11) is 0. The molecule has 146 valence electrons. The zero-order chi connectivity index (χ0) is 20.1. The molecule has 0 spiro atoms. The highest BCUT2D eigenvalue weighted by atomic mass is 35.5. The van der Waals surface area contributed by atoms with Gasteiger partial charge in [-0.05, 0) is 36.5 Å². The summed E-state index contributed by atoms with van der Waals surface area (Å²) in [4.78, 5) is 11.6. The lowest BCUT2D eigenvalue weighted by Gasteiger charge is -2.12. The van der Waals surface area contributed by atoms with Crippen LogP contribution in [-0.4, -0.2) is 20.1 Å². The van der Waals surface area contributed by atoms with Crippen molar-refractivity contribution in [2.75, 3.05) is 0 Å². The Hall–Kier alpha value is -2.83. The minimum Gasteiger partial charge on any atom is -0.388 e. The highest BCUT2D eigenvalue weighted by molar-refractivity contribution is 6.39. The second-order valence-electron chi connectivity index (χ2n) is 7.30. The highest BCUT2D eigenvalue weighted by Gasteiger charge is 2.31. The molecular weight excluding hydrogens is 396 g/mol. The number of nitrogens with one attached hydrogen (secondary N) is 1. The van der Waals surface area contributed by atoms with Gasteiger partial charge in [0.25, 0.3) is 0 Å². The van der Waals surface area contributed by atoms with Crippen molar-refractivity contribution >= 4 is 22.6 Å². The van der Waals surface area contributed by atoms with Crippen LogP contribution in [0.4, 0.5) is 8.78 Å². The maximum atomic E-state index is 14.4. The van der Waals surface area contributed by atoms with Crippen LogP contribution in [0.5, 0.6) is 0 Å². The number of benzene rings is 1. The van der Waals surface area contributed by atoms with Gasteiger partial charge in [-0.1, -0.05) is 23.7 Å². The molecular formula is C22H16ClF2N3O. The van der Waals surface area contributed by atoms with Gasteiger partial charge in [0, 0.05) is 52.4 Å². The third kappa shape index (κ3) is 3.09. The summed E-state index contributed by atoms with van der Waals surface area (Å²) in [6, 6.07) is 5.86. The molecule has 5 rings (SSSR count). The smallest absolute Gasteiger partial charge is 0.166 e. The van der Waals surface area contributed by atoms with Gasteiger partial charge in [0.2, 0.25) is 0 Å². The standard InChI is InChI=1S/C22H16ClF2N3O/c23-19-15(12-6-13(8-26-7-12)21(29)11-4-5-11)9-27-22-18(19)16(10-28-22)14-2-1-3-17(24)20(14)25/h1-3,6-11,21,29H,4-5H2,(H,27,28). The molecule has 1 saturated carbocycles. The van der Waals surface area contributed by atoms with E-state index in [4.69, 9.17) is 11.6 Å². The molecule has 1 fully saturated rings. The predicted molar refractivity (Wildman–Crippen MR) is 107 cm³/mol. The number of aliphatic hydroxyl groups is 1. The molecule has 4 aromatic rings. The maximum absolute atomic E-state index is 14.4. The minimum absolute atomic E-state index is 0.105. The number of aliphatic hydroxyl groups excluding tert-OH is 1. The van der Waals surface area contributed by atoms with Crippen molar-refractivity contribution in [1.29, 1.82) is 0 Å². The fourth-order valence-electron chi connectivity index (χ4n) is 3.63. The topological polar surface area (TPSA) is 61.8 Å². The van der Waals surface area contributed by atoms with E-state index in [-0.39, 0.29) is 11.5 Å². The Kier molecular flexibility index (Phi) is 4.33. The van der Waals surface area contributed by atoms with Crippen molar-refractivity contribution in [3.8, 4) is 22.3 Å². The average molecular weight is 412 g/mol. The number of fused-ring (bicyclic) bond motifs is 1. The Balaban J connectivity index is 1.66. The van der Waals surface area contributed by atoms with Crippen molar-refractivity contribution in [3.63, 3.8) is 0 Å². The summed E-state index contributed by atoms with van der Waals surface area (Å²) in [5.41, 5.74) is 3.04. The number of aromatic nitrogens is 3. The first-order chi connectivity index (χ1) is 14.0. The van der Waals surface area contributed by atoms with Gasteiger partial charge < -0.3 is 10.1 Å². The molecule has 1 unspecified atom stereocenters. The van der Waals surface area contributed by atoms with Gasteiger partial charge in [-0.15, -0.1) is 0 Å². The van der Waals surface area contributed by atoms with Crippen molar-refractivity contribution < 1.29 is 13.9 Å². The molecule has 0 bridgehead atoms. The number of pyridine rings is 2. The van der Waals surface area contributed by atoms with E-state index in [9.17, 15) is 13.9 Å². The molecule has 3 heterocycles. The number of hydrogen-bond donors (Lipinski definition) is 2. The van der Waals surface area contributed by atoms with Gasteiger partial charge in [0.1, 0.15) is 5.65 Å². The van der Waals surface area contributed by atoms with E-state index < -0.39 is 17.7 Å². The molecule has 4 nitrogen and oxygen atoms in total. The van der Waals surface area contributed by atoms with Crippen LogP contribution in [0.1, 0.15) is 24.5 Å². The molecule has 1 aliphatic carbocycles. The highest BCUT2D eigenvalue weighted by Crippen LogP contribution is 2.43. The van der Waals surface area contributed by atoms with Gasteiger partial charge in [-0.3, -0.25) is 4.98 Å². The van der Waals surface area contributed by atoms with E-state index in [2.05, 4.69) is 15.0 Å². The Morgan fingerprint density at radius 2 is 1.93 bits per heavy atom. The van der Waals surface area contributed by atoms with E-state index in [0.29, 0.717) is 32.7 Å². The molecule has 3 aromatic heterocycles. The molecule has 2 N–H and O–H groups in total. The van der Waals surface area contributed by atoms with Crippen LogP contribution in [-0.2, 0) is 0 Å². The zero-order valence-corrected chi connectivity index (χ0v) is 15.9. The monoisotopic (exact) mass is 411 g/mol. The second-order valence-corrected chi connectivity index (χ2v) is 7.68. The lowest BCUT2D eigenvalue weighted by molar-refractivity contribution is 0.153. The number of rotatable bonds is 4. The number of aromatic amines is 1. The van der Waals surface area contributed by atoms with Gasteiger partial charge in [0.15, 0.2) is 11.6 Å². The number of H-pyrrole nitrogens is 1. The fourth-order valence-corrected chi connectivity index (χ4v) is 3.98. The lowest BCUT2D eigenvalue weighted by atomic mass is 10.00. The van der Waals surface area contributed by atoms with Crippen LogP contribution in [0.25, 0.3) is 33.3 Å². The first-order valence-corrected chi connectivity index (χ1v) is 9.65. The quantitative estimate of drug-likeness (QED) is 0.455. The van der Waals surface area contributed by atoms with Crippen LogP contribution in [0.15, 0.2) is 49.1 Å². The average Bonchev–Trinajstić information content (AvgIpc) is 3.49. The van der Waals surface area contributed by atoms with Gasteiger partial charge >= 0.3 is 0 Å². The summed E-state index contributed by atoms with van der Waals surface area (Å²) < 4.78 is 28.1. The summed E-state index contributed by atoms with van der Waals surface area (Å²) in [5.74, 6) is -1.59. The van der Waals surface area contributed by atoms with E-state index in [0.717, 1.165) is 24.5 Å². The minimum atomic E-state index is -0.939. The van der Waals surface area contributed by atoms with Crippen molar-refractivity contribution in [2.45, 2.75) is 18.9 Å². The van der Waals surface area contributed by atoms with Crippen LogP contribution in [0.2, 0.25) is 5.02 Å². The zero-order valence-electron chi connectivity index (χ0n) is 15.2. The summed E-state index contributed by atoms with van der Waals surface area (Å²) in [6.45, 7) is 0. The van der Waals surface area contributed by atoms with Crippen molar-refractivity contribution in [3.05, 3.63) is 71.3 Å². The van der Waals surface area contributed by atoms with Crippen LogP contribution in [0.3, 0.4) is 0 Å². The molecule has 0 amide bonds. The van der Waals surface area contributed by atoms with Gasteiger partial charge in [0.05, 0.1) is 11.1 Å². The first-order valence-electron chi connectivity index (χ1n) is 9.28. The number of hydrogen-bond acceptors (Lipinski definition) is 3. The van der Waals surface area contributed by atoms with E-state index in [1.165, 1.54) is 12.1 Å². The SMILES string of the molecule is OC(c1cncc(-c2cnc3[nH]cc(-c4cccc(F)c4F)c3c2Cl)c1)C1CC1. The van der Waals surface area contributed by atoms with Gasteiger partial charge in [-0.25, -0.2) is 13.8 Å². The number of nitrogens with zero attached hydrogens (tertiary/aromatic N) is 2. The molecule has 0 saturated heterocycles. The summed E-state index contributed by atoms with van der Waals surface area (Å²) in [6.07, 6.45) is 7.93. The first kappa shape index (κ1) is 18.2. The van der Waals surface area contributed by atoms with Crippen LogP contribution < -0.4 is 0 Å². The third-order valence-electron chi connectivity index (χ3n) is 5.36. The Morgan fingerprint density at radius 1 is 1.10 bits per heavy atom. The largest absolute Gasteiger partial charge is 0.388 e. The second kappa shape index (κ2) is 6.90. The summed E-state index contributed by atoms with van der Waals surface area (Å²) in [5, 5.41) is 11.3. The Labute approximate surface area is 170 Å². The third-order valence-corrected chi connectivity index (χ3v) is 5.75. The molecule has 7 heteroatoms. The van der Waals surface area contributed by atoms with Crippen LogP contribution >= 0.6 is 11.6 Å². The normalized spacial score (nSPS) is 15.0. The molecule has 0 radical (unpaired) electrons. The maximum Gasteiger partial charge on any atom is 0.166 e. The van der Waals surface area contributed by atoms with E-state index in [1.54, 1.807) is 24.8 Å². The summed E-state index contributed by atoms with van der Waals surface area (Å²) >= 11 is 6.70. The predicted octanol–water partition coefficient (Wildman–Crippen LogP) is 5.67. The lowest BCUT2D eigenvalue weighted by Crippen LogP contribution is -2.00. The molecule has 1 aliphatic rings. The Morgan fingerprint density at radius 3 is 2.72 bits per heavy atom. The van der Waals surface area contributed by atoms with Crippen molar-refractivity contribution in [1.82, 2.24) is 15.0 Å². The van der Waals surface area contributed by atoms with Gasteiger partial charge in [-0.2, -0.15) is 0 Å². The number of halogens is 3. The van der Waals surface area contributed by atoms with E-state index in [1.807, 2.05) is 6.07 Å².